The first kappa shape index (κ1) is 28.9. The van der Waals surface area contributed by atoms with Crippen LogP contribution in [0.15, 0.2) is 77.8 Å². The van der Waals surface area contributed by atoms with Crippen molar-refractivity contribution in [2.75, 3.05) is 26.6 Å². The Morgan fingerprint density at radius 3 is 2.38 bits per heavy atom. The van der Waals surface area contributed by atoms with Crippen LogP contribution in [0.5, 0.6) is 17.2 Å². The minimum atomic E-state index is -0.530. The van der Waals surface area contributed by atoms with Crippen LogP contribution >= 0.6 is 23.1 Å². The van der Waals surface area contributed by atoms with Crippen LogP contribution < -0.4 is 19.5 Å². The molecule has 0 radical (unpaired) electrons. The van der Waals surface area contributed by atoms with Crippen LogP contribution in [0, 0.1) is 11.3 Å². The summed E-state index contributed by atoms with van der Waals surface area (Å²) in [5.74, 6) is 1.72. The van der Waals surface area contributed by atoms with E-state index >= 15 is 0 Å². The summed E-state index contributed by atoms with van der Waals surface area (Å²) in [6, 6.07) is 25.0. The number of methoxy groups -OCH3 is 3. The molecule has 0 bridgehead atoms. The second-order valence-corrected chi connectivity index (χ2v) is 11.4. The molecule has 10 heteroatoms. The van der Waals surface area contributed by atoms with Gasteiger partial charge in [-0.2, -0.15) is 5.26 Å². The van der Waals surface area contributed by atoms with E-state index in [1.165, 1.54) is 23.1 Å². The number of anilines is 1. The summed E-state index contributed by atoms with van der Waals surface area (Å²) in [5.41, 5.74) is 4.01. The maximum Gasteiger partial charge on any atom is 0.239 e. The van der Waals surface area contributed by atoms with Gasteiger partial charge in [0.05, 0.1) is 48.1 Å². The highest BCUT2D eigenvalue weighted by atomic mass is 32.2. The number of nitrogens with one attached hydrogen (secondary N) is 1. The SMILES string of the molecule is CCC(Sc1nc(-c2ccccc2)cc(-c2cc(OC)ccc2OC)c1C#N)C(=O)Nc1nc2ccc(OC)cc2s1. The molecule has 212 valence electrons. The van der Waals surface area contributed by atoms with E-state index in [0.29, 0.717) is 50.5 Å². The predicted octanol–water partition coefficient (Wildman–Crippen LogP) is 7.43. The Hall–Kier alpha value is -4.59. The molecule has 42 heavy (non-hydrogen) atoms. The third-order valence-electron chi connectivity index (χ3n) is 6.61. The number of thiazole rings is 1. The van der Waals surface area contributed by atoms with E-state index in [4.69, 9.17) is 19.2 Å². The summed E-state index contributed by atoms with van der Waals surface area (Å²) in [5, 5.41) is 13.8. The Labute approximate surface area is 252 Å². The van der Waals surface area contributed by atoms with Crippen molar-refractivity contribution in [2.45, 2.75) is 23.6 Å². The van der Waals surface area contributed by atoms with Gasteiger partial charge in [0.15, 0.2) is 5.13 Å². The summed E-state index contributed by atoms with van der Waals surface area (Å²) in [6.07, 6.45) is 0.509. The summed E-state index contributed by atoms with van der Waals surface area (Å²) in [6.45, 7) is 1.93. The number of benzene rings is 3. The van der Waals surface area contributed by atoms with Gasteiger partial charge >= 0.3 is 0 Å². The topological polar surface area (TPSA) is 106 Å². The van der Waals surface area contributed by atoms with Crippen molar-refractivity contribution in [3.8, 4) is 45.7 Å². The molecule has 2 heterocycles. The normalized spacial score (nSPS) is 11.5. The Balaban J connectivity index is 1.55. The molecule has 1 amide bonds. The summed E-state index contributed by atoms with van der Waals surface area (Å²) >= 11 is 2.64. The zero-order valence-electron chi connectivity index (χ0n) is 23.5. The quantitative estimate of drug-likeness (QED) is 0.166. The lowest BCUT2D eigenvalue weighted by Gasteiger charge is -2.18. The highest BCUT2D eigenvalue weighted by Gasteiger charge is 2.25. The standard InChI is InChI=1S/C32H28N4O4S2/c1-5-28(30(37)36-32-35-25-13-11-21(39-3)16-29(25)42-32)41-31-24(18-33)22(17-26(34-31)19-9-7-6-8-10-19)23-15-20(38-2)12-14-27(23)40-4/h6-17,28H,5H2,1-4H3,(H,35,36,37). The van der Waals surface area contributed by atoms with Crippen LogP contribution in [-0.2, 0) is 4.79 Å². The lowest BCUT2D eigenvalue weighted by atomic mass is 9.98. The Bertz CT molecular complexity index is 1780. The molecular formula is C32H28N4O4S2. The van der Waals surface area contributed by atoms with Gasteiger partial charge in [0.2, 0.25) is 5.91 Å². The molecule has 3 aromatic carbocycles. The first-order valence-electron chi connectivity index (χ1n) is 13.1. The van der Waals surface area contributed by atoms with Gasteiger partial charge in [-0.05, 0) is 48.9 Å². The Morgan fingerprint density at radius 2 is 1.69 bits per heavy atom. The van der Waals surface area contributed by atoms with Gasteiger partial charge in [-0.1, -0.05) is 60.4 Å². The molecule has 0 aliphatic rings. The summed E-state index contributed by atoms with van der Waals surface area (Å²) in [4.78, 5) is 23.0. The van der Waals surface area contributed by atoms with E-state index in [0.717, 1.165) is 21.5 Å². The number of thioether (sulfide) groups is 1. The van der Waals surface area contributed by atoms with Crippen LogP contribution in [0.25, 0.3) is 32.6 Å². The monoisotopic (exact) mass is 596 g/mol. The number of nitriles is 1. The second kappa shape index (κ2) is 12.9. The van der Waals surface area contributed by atoms with E-state index in [9.17, 15) is 10.1 Å². The summed E-state index contributed by atoms with van der Waals surface area (Å²) < 4.78 is 17.4. The van der Waals surface area contributed by atoms with Gasteiger partial charge < -0.3 is 19.5 Å². The number of aromatic nitrogens is 2. The van der Waals surface area contributed by atoms with Gasteiger partial charge in [0.25, 0.3) is 0 Å². The number of carbonyl (C=O) groups is 1. The highest BCUT2D eigenvalue weighted by Crippen LogP contribution is 2.41. The van der Waals surface area contributed by atoms with E-state index in [1.54, 1.807) is 33.5 Å². The van der Waals surface area contributed by atoms with Crippen molar-refractivity contribution in [1.29, 1.82) is 5.26 Å². The highest BCUT2D eigenvalue weighted by molar-refractivity contribution is 8.00. The Kier molecular flexibility index (Phi) is 8.91. The molecule has 1 unspecified atom stereocenters. The molecule has 5 aromatic rings. The number of fused-ring (bicyclic) bond motifs is 1. The maximum atomic E-state index is 13.5. The fourth-order valence-electron chi connectivity index (χ4n) is 4.44. The van der Waals surface area contributed by atoms with Crippen LogP contribution in [-0.4, -0.2) is 42.5 Å². The number of amides is 1. The lowest BCUT2D eigenvalue weighted by molar-refractivity contribution is -0.115. The minimum Gasteiger partial charge on any atom is -0.497 e. The van der Waals surface area contributed by atoms with Crippen molar-refractivity contribution < 1.29 is 19.0 Å². The fourth-order valence-corrected chi connectivity index (χ4v) is 6.36. The van der Waals surface area contributed by atoms with Crippen LogP contribution in [0.4, 0.5) is 5.13 Å². The molecular weight excluding hydrogens is 569 g/mol. The van der Waals surface area contributed by atoms with Crippen molar-refractivity contribution in [3.63, 3.8) is 0 Å². The average molecular weight is 597 g/mol. The smallest absolute Gasteiger partial charge is 0.239 e. The molecule has 0 aliphatic carbocycles. The zero-order chi connectivity index (χ0) is 29.6. The first-order valence-corrected chi connectivity index (χ1v) is 14.8. The number of hydrogen-bond acceptors (Lipinski definition) is 9. The lowest BCUT2D eigenvalue weighted by Crippen LogP contribution is -2.24. The minimum absolute atomic E-state index is 0.218. The average Bonchev–Trinajstić information content (AvgIpc) is 3.44. The molecule has 0 spiro atoms. The molecule has 1 N–H and O–H groups in total. The molecule has 0 saturated carbocycles. The van der Waals surface area contributed by atoms with Crippen molar-refractivity contribution in [3.05, 3.63) is 78.4 Å². The van der Waals surface area contributed by atoms with E-state index in [2.05, 4.69) is 16.4 Å². The van der Waals surface area contributed by atoms with E-state index in [1.807, 2.05) is 67.6 Å². The zero-order valence-corrected chi connectivity index (χ0v) is 25.1. The summed E-state index contributed by atoms with van der Waals surface area (Å²) in [7, 11) is 4.79. The van der Waals surface area contributed by atoms with E-state index in [-0.39, 0.29) is 5.91 Å². The van der Waals surface area contributed by atoms with Gasteiger partial charge in [-0.3, -0.25) is 4.79 Å². The Morgan fingerprint density at radius 1 is 0.952 bits per heavy atom. The predicted molar refractivity (Wildman–Crippen MR) is 168 cm³/mol. The van der Waals surface area contributed by atoms with E-state index < -0.39 is 5.25 Å². The second-order valence-electron chi connectivity index (χ2n) is 9.14. The van der Waals surface area contributed by atoms with Crippen LogP contribution in [0.1, 0.15) is 18.9 Å². The number of hydrogen-bond donors (Lipinski definition) is 1. The van der Waals surface area contributed by atoms with Crippen LogP contribution in [0.3, 0.4) is 0 Å². The number of rotatable bonds is 10. The molecule has 1 atom stereocenters. The number of pyridine rings is 1. The maximum absolute atomic E-state index is 13.5. The largest absolute Gasteiger partial charge is 0.497 e. The fraction of sp³-hybridized carbons (Fsp3) is 0.188. The first-order chi connectivity index (χ1) is 20.5. The molecule has 5 rings (SSSR count). The number of carbonyl (C=O) groups excluding carboxylic acids is 1. The molecule has 2 aromatic heterocycles. The van der Waals surface area contributed by atoms with Gasteiger partial charge in [-0.15, -0.1) is 0 Å². The third kappa shape index (κ3) is 6.03. The van der Waals surface area contributed by atoms with Crippen molar-refractivity contribution in [2.24, 2.45) is 0 Å². The third-order valence-corrected chi connectivity index (χ3v) is 8.89. The molecule has 0 saturated heterocycles. The molecule has 8 nitrogen and oxygen atoms in total. The molecule has 0 fully saturated rings. The van der Waals surface area contributed by atoms with Crippen LogP contribution in [0.2, 0.25) is 0 Å². The van der Waals surface area contributed by atoms with Gasteiger partial charge in [0.1, 0.15) is 28.3 Å². The van der Waals surface area contributed by atoms with Gasteiger partial charge in [-0.25, -0.2) is 9.97 Å². The van der Waals surface area contributed by atoms with Gasteiger partial charge in [0, 0.05) is 16.7 Å². The number of nitrogens with zero attached hydrogens (tertiary/aromatic N) is 3. The number of ether oxygens (including phenoxy) is 3. The molecule has 0 aliphatic heterocycles. The van der Waals surface area contributed by atoms with Crippen molar-refractivity contribution >= 4 is 44.4 Å². The van der Waals surface area contributed by atoms with Crippen molar-refractivity contribution in [1.82, 2.24) is 9.97 Å².